The lowest BCUT2D eigenvalue weighted by atomic mass is 9.62. The first-order valence-corrected chi connectivity index (χ1v) is 7.46. The topological polar surface area (TPSA) is 52.6 Å². The number of fused-ring (bicyclic) bond motifs is 3. The SMILES string of the molecule is C=C(C)CC[C@@]12OC(=O)C=C1[C@@H](C)[C@@]1(C)C(=O)OC[C@@]21C. The van der Waals surface area contributed by atoms with Gasteiger partial charge in [-0.15, -0.1) is 6.58 Å². The lowest BCUT2D eigenvalue weighted by Gasteiger charge is -2.42. The number of rotatable bonds is 3. The standard InChI is InChI=1S/C17H22O4/c1-10(2)6-7-17-12(8-13(18)21-17)11(3)16(5)14(19)20-9-15(16,17)4/h8,11H,1,6-7,9H2,2-5H3/t11-,15-,16+,17-/m1/s1. The Hall–Kier alpha value is -1.58. The first-order valence-electron chi connectivity index (χ1n) is 7.46. The second-order valence-corrected chi connectivity index (χ2v) is 7.14. The summed E-state index contributed by atoms with van der Waals surface area (Å²) in [4.78, 5) is 24.3. The average Bonchev–Trinajstić information content (AvgIpc) is 2.92. The van der Waals surface area contributed by atoms with Crippen molar-refractivity contribution < 1.29 is 19.1 Å². The van der Waals surface area contributed by atoms with Gasteiger partial charge in [-0.05, 0) is 38.2 Å². The molecule has 0 bridgehead atoms. The molecule has 0 spiro atoms. The van der Waals surface area contributed by atoms with Gasteiger partial charge in [0.05, 0.1) is 10.8 Å². The molecular weight excluding hydrogens is 268 g/mol. The molecular formula is C17H22O4. The number of allylic oxidation sites excluding steroid dienone is 1. The van der Waals surface area contributed by atoms with Gasteiger partial charge in [-0.3, -0.25) is 4.79 Å². The minimum Gasteiger partial charge on any atom is -0.464 e. The normalized spacial score (nSPS) is 44.0. The third-order valence-corrected chi connectivity index (χ3v) is 6.20. The molecule has 3 aliphatic rings. The Balaban J connectivity index is 2.16. The first-order chi connectivity index (χ1) is 9.69. The molecule has 0 radical (unpaired) electrons. The van der Waals surface area contributed by atoms with Crippen molar-refractivity contribution >= 4 is 11.9 Å². The highest BCUT2D eigenvalue weighted by Crippen LogP contribution is 2.70. The van der Waals surface area contributed by atoms with Crippen LogP contribution in [0.4, 0.5) is 0 Å². The van der Waals surface area contributed by atoms with Crippen molar-refractivity contribution in [2.24, 2.45) is 16.7 Å². The average molecular weight is 290 g/mol. The molecule has 1 saturated heterocycles. The zero-order valence-electron chi connectivity index (χ0n) is 13.1. The van der Waals surface area contributed by atoms with Crippen molar-refractivity contribution in [3.05, 3.63) is 23.8 Å². The van der Waals surface area contributed by atoms with Crippen LogP contribution >= 0.6 is 0 Å². The Morgan fingerprint density at radius 1 is 1.43 bits per heavy atom. The van der Waals surface area contributed by atoms with Gasteiger partial charge in [-0.25, -0.2) is 4.79 Å². The fourth-order valence-corrected chi connectivity index (χ4v) is 4.51. The Labute approximate surface area is 125 Å². The summed E-state index contributed by atoms with van der Waals surface area (Å²) in [5, 5.41) is 0. The highest BCUT2D eigenvalue weighted by atomic mass is 16.6. The summed E-state index contributed by atoms with van der Waals surface area (Å²) in [5.74, 6) is -0.547. The minimum absolute atomic E-state index is 0.0610. The molecule has 4 atom stereocenters. The molecule has 0 unspecified atom stereocenters. The van der Waals surface area contributed by atoms with Gasteiger partial charge in [-0.2, -0.15) is 0 Å². The number of hydrogen-bond acceptors (Lipinski definition) is 4. The van der Waals surface area contributed by atoms with Crippen molar-refractivity contribution in [2.45, 2.75) is 46.1 Å². The van der Waals surface area contributed by atoms with E-state index in [-0.39, 0.29) is 17.9 Å². The van der Waals surface area contributed by atoms with Gasteiger partial charge in [0.2, 0.25) is 0 Å². The first kappa shape index (κ1) is 14.4. The van der Waals surface area contributed by atoms with Gasteiger partial charge in [0, 0.05) is 6.08 Å². The predicted octanol–water partition coefficient (Wildman–Crippen LogP) is 2.78. The third kappa shape index (κ3) is 1.41. The number of carbonyl (C=O) groups excluding carboxylic acids is 2. The van der Waals surface area contributed by atoms with E-state index in [1.165, 1.54) is 0 Å². The Morgan fingerprint density at radius 3 is 2.71 bits per heavy atom. The van der Waals surface area contributed by atoms with E-state index < -0.39 is 16.4 Å². The molecule has 0 N–H and O–H groups in total. The van der Waals surface area contributed by atoms with Crippen LogP contribution in [0.5, 0.6) is 0 Å². The molecule has 0 aromatic heterocycles. The molecule has 2 aliphatic heterocycles. The molecule has 4 nitrogen and oxygen atoms in total. The predicted molar refractivity (Wildman–Crippen MR) is 77.3 cm³/mol. The van der Waals surface area contributed by atoms with Crippen LogP contribution in [0.1, 0.15) is 40.5 Å². The third-order valence-electron chi connectivity index (χ3n) is 6.20. The zero-order chi connectivity index (χ0) is 15.6. The van der Waals surface area contributed by atoms with Gasteiger partial charge in [0.1, 0.15) is 12.2 Å². The maximum atomic E-state index is 12.4. The molecule has 4 heteroatoms. The van der Waals surface area contributed by atoms with Gasteiger partial charge in [0.25, 0.3) is 0 Å². The van der Waals surface area contributed by atoms with Crippen molar-refractivity contribution in [3.8, 4) is 0 Å². The molecule has 0 aromatic carbocycles. The summed E-state index contributed by atoms with van der Waals surface area (Å²) in [6, 6.07) is 0. The monoisotopic (exact) mass is 290 g/mol. The van der Waals surface area contributed by atoms with E-state index in [9.17, 15) is 9.59 Å². The molecule has 3 rings (SSSR count). The summed E-state index contributed by atoms with van der Waals surface area (Å²) in [5.41, 5.74) is 0.0965. The lowest BCUT2D eigenvalue weighted by molar-refractivity contribution is -0.162. The van der Waals surface area contributed by atoms with E-state index in [0.717, 1.165) is 17.6 Å². The number of hydrogen-bond donors (Lipinski definition) is 0. The van der Waals surface area contributed by atoms with Crippen LogP contribution < -0.4 is 0 Å². The van der Waals surface area contributed by atoms with Crippen LogP contribution in [0.25, 0.3) is 0 Å². The summed E-state index contributed by atoms with van der Waals surface area (Å²) in [7, 11) is 0. The highest BCUT2D eigenvalue weighted by Gasteiger charge is 2.78. The molecule has 114 valence electrons. The Bertz CT molecular complexity index is 590. The van der Waals surface area contributed by atoms with E-state index >= 15 is 0 Å². The second-order valence-electron chi connectivity index (χ2n) is 7.14. The molecule has 0 aromatic rings. The Kier molecular flexibility index (Phi) is 2.73. The van der Waals surface area contributed by atoms with Crippen molar-refractivity contribution in [1.82, 2.24) is 0 Å². The maximum Gasteiger partial charge on any atom is 0.331 e. The van der Waals surface area contributed by atoms with Crippen molar-refractivity contribution in [3.63, 3.8) is 0 Å². The maximum absolute atomic E-state index is 12.4. The molecule has 1 aliphatic carbocycles. The summed E-state index contributed by atoms with van der Waals surface area (Å²) in [6.07, 6.45) is 3.01. The van der Waals surface area contributed by atoms with E-state index in [0.29, 0.717) is 13.0 Å². The Morgan fingerprint density at radius 2 is 2.10 bits per heavy atom. The van der Waals surface area contributed by atoms with Crippen LogP contribution in [0.2, 0.25) is 0 Å². The van der Waals surface area contributed by atoms with Crippen LogP contribution in [-0.2, 0) is 19.1 Å². The van der Waals surface area contributed by atoms with Crippen LogP contribution in [0, 0.1) is 16.7 Å². The summed E-state index contributed by atoms with van der Waals surface area (Å²) >= 11 is 0. The zero-order valence-corrected chi connectivity index (χ0v) is 13.1. The quantitative estimate of drug-likeness (QED) is 0.592. The second kappa shape index (κ2) is 3.99. The van der Waals surface area contributed by atoms with Crippen LogP contribution in [-0.4, -0.2) is 24.1 Å². The summed E-state index contributed by atoms with van der Waals surface area (Å²) in [6.45, 7) is 12.2. The van der Waals surface area contributed by atoms with Gasteiger partial charge in [-0.1, -0.05) is 19.4 Å². The number of carbonyl (C=O) groups is 2. The van der Waals surface area contributed by atoms with Gasteiger partial charge < -0.3 is 9.47 Å². The summed E-state index contributed by atoms with van der Waals surface area (Å²) < 4.78 is 11.2. The molecule has 21 heavy (non-hydrogen) atoms. The highest BCUT2D eigenvalue weighted by molar-refractivity contribution is 5.91. The fourth-order valence-electron chi connectivity index (χ4n) is 4.51. The fraction of sp³-hybridized carbons (Fsp3) is 0.647. The largest absolute Gasteiger partial charge is 0.464 e. The number of esters is 2. The van der Waals surface area contributed by atoms with E-state index in [4.69, 9.17) is 9.47 Å². The van der Waals surface area contributed by atoms with Crippen LogP contribution in [0.3, 0.4) is 0 Å². The number of ether oxygens (including phenoxy) is 2. The van der Waals surface area contributed by atoms with Crippen molar-refractivity contribution in [2.75, 3.05) is 6.61 Å². The van der Waals surface area contributed by atoms with Gasteiger partial charge in [0.15, 0.2) is 0 Å². The van der Waals surface area contributed by atoms with E-state index in [1.807, 2.05) is 27.7 Å². The molecule has 2 heterocycles. The minimum atomic E-state index is -0.733. The van der Waals surface area contributed by atoms with Crippen LogP contribution in [0.15, 0.2) is 23.8 Å². The molecule has 1 saturated carbocycles. The lowest BCUT2D eigenvalue weighted by Crippen LogP contribution is -2.51. The molecule has 0 amide bonds. The number of cyclic esters (lactones) is 1. The van der Waals surface area contributed by atoms with E-state index in [2.05, 4.69) is 6.58 Å². The smallest absolute Gasteiger partial charge is 0.331 e. The van der Waals surface area contributed by atoms with Gasteiger partial charge >= 0.3 is 11.9 Å². The molecule has 2 fully saturated rings. The van der Waals surface area contributed by atoms with Crippen molar-refractivity contribution in [1.29, 1.82) is 0 Å². The van der Waals surface area contributed by atoms with E-state index in [1.54, 1.807) is 6.08 Å².